The Hall–Kier alpha value is -2.49. The summed E-state index contributed by atoms with van der Waals surface area (Å²) in [6, 6.07) is 13.3. The van der Waals surface area contributed by atoms with Crippen LogP contribution in [0.15, 0.2) is 53.0 Å². The minimum absolute atomic E-state index is 0.0893. The highest BCUT2D eigenvalue weighted by Crippen LogP contribution is 2.28. The fourth-order valence-electron chi connectivity index (χ4n) is 2.77. The van der Waals surface area contributed by atoms with E-state index in [0.29, 0.717) is 27.3 Å². The number of carbonyl (C=O) groups excluding carboxylic acids is 2. The maximum atomic E-state index is 12.9. The van der Waals surface area contributed by atoms with Gasteiger partial charge in [-0.25, -0.2) is 4.79 Å². The molecule has 0 fully saturated rings. The number of aromatic nitrogens is 2. The van der Waals surface area contributed by atoms with Crippen LogP contribution in [0.25, 0.3) is 10.6 Å². The van der Waals surface area contributed by atoms with Gasteiger partial charge in [0, 0.05) is 20.7 Å². The van der Waals surface area contributed by atoms with Gasteiger partial charge in [-0.3, -0.25) is 10.1 Å². The van der Waals surface area contributed by atoms with Crippen LogP contribution in [0.5, 0.6) is 0 Å². The maximum absolute atomic E-state index is 12.9. The average Bonchev–Trinajstić information content (AvgIpc) is 3.20. The van der Waals surface area contributed by atoms with E-state index in [2.05, 4.69) is 42.1 Å². The van der Waals surface area contributed by atoms with Crippen molar-refractivity contribution in [3.63, 3.8) is 0 Å². The van der Waals surface area contributed by atoms with Crippen LogP contribution >= 0.6 is 38.9 Å². The second-order valence-electron chi connectivity index (χ2n) is 6.88. The summed E-state index contributed by atoms with van der Waals surface area (Å²) in [6.45, 7) is 3.86. The van der Waals surface area contributed by atoms with Crippen LogP contribution in [0.3, 0.4) is 0 Å². The number of carbonyl (C=O) groups is 2. The van der Waals surface area contributed by atoms with Crippen LogP contribution in [-0.2, 0) is 4.79 Å². The topological polar surface area (TPSA) is 96.0 Å². The van der Waals surface area contributed by atoms with Crippen molar-refractivity contribution in [2.24, 2.45) is 5.92 Å². The van der Waals surface area contributed by atoms with Crippen molar-refractivity contribution in [3.8, 4) is 10.6 Å². The second kappa shape index (κ2) is 10.7. The van der Waals surface area contributed by atoms with E-state index in [9.17, 15) is 9.59 Å². The van der Waals surface area contributed by atoms with E-state index in [1.165, 1.54) is 11.3 Å². The molecule has 0 radical (unpaired) electrons. The first-order valence-electron chi connectivity index (χ1n) is 9.59. The molecule has 0 aliphatic rings. The number of hydrogen-bond acceptors (Lipinski definition) is 5. The van der Waals surface area contributed by atoms with Gasteiger partial charge >= 0.3 is 6.03 Å². The van der Waals surface area contributed by atoms with Crippen LogP contribution < -0.4 is 16.0 Å². The summed E-state index contributed by atoms with van der Waals surface area (Å²) >= 11 is 10.6. The van der Waals surface area contributed by atoms with Gasteiger partial charge in [0.05, 0.1) is 0 Å². The maximum Gasteiger partial charge on any atom is 0.319 e. The highest BCUT2D eigenvalue weighted by Gasteiger charge is 2.27. The van der Waals surface area contributed by atoms with Gasteiger partial charge in [-0.05, 0) is 36.2 Å². The third-order valence-electron chi connectivity index (χ3n) is 4.59. The van der Waals surface area contributed by atoms with Crippen LogP contribution in [0, 0.1) is 5.92 Å². The van der Waals surface area contributed by atoms with Crippen LogP contribution in [0.1, 0.15) is 20.3 Å². The molecule has 3 N–H and O–H groups in total. The Kier molecular flexibility index (Phi) is 8.00. The van der Waals surface area contributed by atoms with Gasteiger partial charge in [0.1, 0.15) is 11.0 Å². The Morgan fingerprint density at radius 2 is 1.90 bits per heavy atom. The summed E-state index contributed by atoms with van der Waals surface area (Å²) in [4.78, 5) is 25.4. The molecule has 0 aliphatic heterocycles. The molecule has 3 amide bonds. The van der Waals surface area contributed by atoms with Crippen molar-refractivity contribution in [1.82, 2.24) is 15.5 Å². The van der Waals surface area contributed by atoms with Gasteiger partial charge in [-0.15, -0.1) is 10.2 Å². The van der Waals surface area contributed by atoms with Crippen molar-refractivity contribution in [3.05, 3.63) is 58.0 Å². The number of anilines is 2. The summed E-state index contributed by atoms with van der Waals surface area (Å²) in [5.74, 6) is -0.443. The highest BCUT2D eigenvalue weighted by atomic mass is 79.9. The lowest BCUT2D eigenvalue weighted by molar-refractivity contribution is -0.119. The van der Waals surface area contributed by atoms with Gasteiger partial charge in [0.15, 0.2) is 0 Å². The number of urea groups is 1. The molecule has 0 bridgehead atoms. The Morgan fingerprint density at radius 3 is 2.61 bits per heavy atom. The lowest BCUT2D eigenvalue weighted by Crippen LogP contribution is -2.49. The monoisotopic (exact) mass is 521 g/mol. The Bertz CT molecular complexity index is 1080. The molecule has 0 saturated carbocycles. The smallest absolute Gasteiger partial charge is 0.319 e. The van der Waals surface area contributed by atoms with Crippen molar-refractivity contribution >= 4 is 61.6 Å². The zero-order valence-corrected chi connectivity index (χ0v) is 20.0. The number of nitrogens with one attached hydrogen (secondary N) is 3. The van der Waals surface area contributed by atoms with E-state index in [4.69, 9.17) is 11.6 Å². The first-order valence-corrected chi connectivity index (χ1v) is 11.6. The van der Waals surface area contributed by atoms with E-state index in [-0.39, 0.29) is 11.8 Å². The number of nitrogens with zero attached hydrogens (tertiary/aromatic N) is 2. The molecule has 31 heavy (non-hydrogen) atoms. The first kappa shape index (κ1) is 23.2. The normalized spacial score (nSPS) is 12.6. The molecule has 2 atom stereocenters. The van der Waals surface area contributed by atoms with Crippen LogP contribution in [0.2, 0.25) is 5.02 Å². The van der Waals surface area contributed by atoms with Crippen molar-refractivity contribution in [2.45, 2.75) is 26.3 Å². The van der Waals surface area contributed by atoms with E-state index in [1.807, 2.05) is 38.1 Å². The molecular formula is C21H21BrClN5O2S. The third-order valence-corrected chi connectivity index (χ3v) is 6.21. The van der Waals surface area contributed by atoms with Crippen molar-refractivity contribution in [1.29, 1.82) is 0 Å². The van der Waals surface area contributed by atoms with Gasteiger partial charge in [-0.1, -0.05) is 77.3 Å². The molecule has 1 aromatic heterocycles. The molecule has 0 aliphatic carbocycles. The Morgan fingerprint density at radius 1 is 1.13 bits per heavy atom. The lowest BCUT2D eigenvalue weighted by Gasteiger charge is -2.23. The SMILES string of the molecule is CC[C@@H](C)[C@@H](NC(=O)Nc1cccc(Br)c1)C(=O)Nc1nnc(-c2cccc(Cl)c2)s1. The molecule has 3 rings (SSSR count). The van der Waals surface area contributed by atoms with Crippen molar-refractivity contribution in [2.75, 3.05) is 10.6 Å². The molecule has 0 spiro atoms. The number of halogens is 2. The largest absolute Gasteiger partial charge is 0.326 e. The van der Waals surface area contributed by atoms with Gasteiger partial charge in [0.2, 0.25) is 11.0 Å². The molecule has 10 heteroatoms. The lowest BCUT2D eigenvalue weighted by atomic mass is 9.98. The van der Waals surface area contributed by atoms with Gasteiger partial charge < -0.3 is 10.6 Å². The van der Waals surface area contributed by atoms with Crippen molar-refractivity contribution < 1.29 is 9.59 Å². The third kappa shape index (κ3) is 6.49. The first-order chi connectivity index (χ1) is 14.9. The van der Waals surface area contributed by atoms with Gasteiger partial charge in [-0.2, -0.15) is 0 Å². The molecule has 3 aromatic rings. The van der Waals surface area contributed by atoms with E-state index in [1.54, 1.807) is 24.3 Å². The molecule has 1 heterocycles. The molecule has 0 unspecified atom stereocenters. The zero-order chi connectivity index (χ0) is 22.4. The fraction of sp³-hybridized carbons (Fsp3) is 0.238. The molecule has 0 saturated heterocycles. The second-order valence-corrected chi connectivity index (χ2v) is 9.21. The summed E-state index contributed by atoms with van der Waals surface area (Å²) in [6.07, 6.45) is 0.707. The Labute approximate surface area is 197 Å². The molecule has 2 aromatic carbocycles. The molecule has 7 nitrogen and oxygen atoms in total. The Balaban J connectivity index is 1.68. The highest BCUT2D eigenvalue weighted by molar-refractivity contribution is 9.10. The minimum Gasteiger partial charge on any atom is -0.326 e. The van der Waals surface area contributed by atoms with Crippen LogP contribution in [-0.4, -0.2) is 28.2 Å². The summed E-state index contributed by atoms with van der Waals surface area (Å²) in [5.41, 5.74) is 1.43. The predicted molar refractivity (Wildman–Crippen MR) is 129 cm³/mol. The number of rotatable bonds is 7. The molecule has 162 valence electrons. The van der Waals surface area contributed by atoms with E-state index >= 15 is 0 Å². The average molecular weight is 523 g/mol. The van der Waals surface area contributed by atoms with E-state index in [0.717, 1.165) is 10.0 Å². The minimum atomic E-state index is -0.740. The summed E-state index contributed by atoms with van der Waals surface area (Å²) in [5, 5.41) is 18.0. The predicted octanol–water partition coefficient (Wildman–Crippen LogP) is 5.80. The number of amides is 3. The summed E-state index contributed by atoms with van der Waals surface area (Å²) < 4.78 is 0.841. The number of hydrogen-bond donors (Lipinski definition) is 3. The van der Waals surface area contributed by atoms with E-state index < -0.39 is 12.1 Å². The zero-order valence-electron chi connectivity index (χ0n) is 16.9. The van der Waals surface area contributed by atoms with Crippen LogP contribution in [0.4, 0.5) is 15.6 Å². The summed E-state index contributed by atoms with van der Waals surface area (Å²) in [7, 11) is 0. The standard InChI is InChI=1S/C21H21BrClN5O2S/c1-3-12(2)17(25-20(30)24-16-9-5-7-14(22)11-16)18(29)26-21-28-27-19(31-21)13-6-4-8-15(23)10-13/h4-12,17H,3H2,1-2H3,(H2,24,25,30)(H,26,28,29)/t12-,17-/m1/s1. The number of benzene rings is 2. The fourth-order valence-corrected chi connectivity index (χ4v) is 4.10. The quantitative estimate of drug-likeness (QED) is 0.366. The molecular weight excluding hydrogens is 502 g/mol. The van der Waals surface area contributed by atoms with Gasteiger partial charge in [0.25, 0.3) is 0 Å².